The van der Waals surface area contributed by atoms with Crippen LogP contribution in [0, 0.1) is 5.82 Å². The maximum atomic E-state index is 13.3. The summed E-state index contributed by atoms with van der Waals surface area (Å²) in [5.74, 6) is 0.690. The van der Waals surface area contributed by atoms with E-state index in [1.807, 2.05) is 12.1 Å². The number of nitrogens with two attached hydrogens (primary N) is 1. The van der Waals surface area contributed by atoms with E-state index in [9.17, 15) is 4.39 Å². The van der Waals surface area contributed by atoms with Gasteiger partial charge in [0.2, 0.25) is 5.95 Å². The van der Waals surface area contributed by atoms with Gasteiger partial charge in [0.05, 0.1) is 16.9 Å². The molecule has 10 heteroatoms. The Kier molecular flexibility index (Phi) is 5.59. The summed E-state index contributed by atoms with van der Waals surface area (Å²) in [6.07, 6.45) is 9.26. The summed E-state index contributed by atoms with van der Waals surface area (Å²) in [7, 11) is 0. The number of nitrogens with one attached hydrogen (secondary N) is 2. The van der Waals surface area contributed by atoms with E-state index in [0.29, 0.717) is 23.7 Å². The molecule has 164 valence electrons. The fourth-order valence-electron chi connectivity index (χ4n) is 3.85. The first-order valence-corrected chi connectivity index (χ1v) is 10.8. The highest BCUT2D eigenvalue weighted by Crippen LogP contribution is 2.24. The first-order chi connectivity index (χ1) is 15.5. The number of rotatable bonds is 5. The zero-order valence-corrected chi connectivity index (χ0v) is 17.9. The van der Waals surface area contributed by atoms with Crippen LogP contribution >= 0.6 is 11.6 Å². The Balaban J connectivity index is 1.35. The predicted octanol–water partition coefficient (Wildman–Crippen LogP) is 4.40. The van der Waals surface area contributed by atoms with Gasteiger partial charge in [-0.3, -0.25) is 0 Å². The van der Waals surface area contributed by atoms with Gasteiger partial charge in [-0.15, -0.1) is 5.10 Å². The quantitative estimate of drug-likeness (QED) is 0.412. The molecule has 3 aromatic heterocycles. The van der Waals surface area contributed by atoms with Gasteiger partial charge in [-0.2, -0.15) is 0 Å². The Labute approximate surface area is 189 Å². The third-order valence-corrected chi connectivity index (χ3v) is 5.90. The van der Waals surface area contributed by atoms with Crippen LogP contribution in [0.5, 0.6) is 0 Å². The van der Waals surface area contributed by atoms with Crippen molar-refractivity contribution in [1.29, 1.82) is 0 Å². The van der Waals surface area contributed by atoms with Gasteiger partial charge in [0.25, 0.3) is 0 Å². The standard InChI is InChI=1S/C22H22ClFN8/c23-17-9-16(5-6-18(17)24)30-22-27-10-13(11-28-22)19-12-26-21-8-7-20(31-32(19)21)29-15-3-1-14(25)2-4-15/h5-12,14-15H,1-4,25H2,(H,29,31)(H,27,28,30)/t14-,15-. The minimum atomic E-state index is -0.477. The normalized spacial score (nSPS) is 18.6. The molecule has 0 amide bonds. The van der Waals surface area contributed by atoms with E-state index in [1.165, 1.54) is 12.1 Å². The summed E-state index contributed by atoms with van der Waals surface area (Å²) in [5.41, 5.74) is 8.90. The number of hydrogen-bond acceptors (Lipinski definition) is 7. The van der Waals surface area contributed by atoms with Crippen LogP contribution < -0.4 is 16.4 Å². The van der Waals surface area contributed by atoms with Crippen LogP contribution in [0.25, 0.3) is 16.9 Å². The van der Waals surface area contributed by atoms with Gasteiger partial charge in [0, 0.05) is 35.7 Å². The molecule has 5 rings (SSSR count). The molecule has 0 saturated heterocycles. The summed E-state index contributed by atoms with van der Waals surface area (Å²) in [4.78, 5) is 13.1. The topological polar surface area (TPSA) is 106 Å². The van der Waals surface area contributed by atoms with E-state index in [1.54, 1.807) is 29.2 Å². The number of fused-ring (bicyclic) bond motifs is 1. The first-order valence-electron chi connectivity index (χ1n) is 10.5. The zero-order valence-electron chi connectivity index (χ0n) is 17.2. The lowest BCUT2D eigenvalue weighted by atomic mass is 9.92. The van der Waals surface area contributed by atoms with Gasteiger partial charge in [-0.25, -0.2) is 23.9 Å². The molecular weight excluding hydrogens is 431 g/mol. The van der Waals surface area contributed by atoms with Crippen LogP contribution in [0.15, 0.2) is 48.9 Å². The Morgan fingerprint density at radius 3 is 2.53 bits per heavy atom. The molecule has 0 radical (unpaired) electrons. The molecule has 3 heterocycles. The number of hydrogen-bond donors (Lipinski definition) is 3. The van der Waals surface area contributed by atoms with E-state index in [2.05, 4.69) is 25.6 Å². The van der Waals surface area contributed by atoms with Crippen LogP contribution in [0.1, 0.15) is 25.7 Å². The van der Waals surface area contributed by atoms with Crippen molar-refractivity contribution in [2.24, 2.45) is 5.73 Å². The molecule has 4 N–H and O–H groups in total. The lowest BCUT2D eigenvalue weighted by molar-refractivity contribution is 0.410. The monoisotopic (exact) mass is 452 g/mol. The predicted molar refractivity (Wildman–Crippen MR) is 123 cm³/mol. The zero-order chi connectivity index (χ0) is 22.1. The van der Waals surface area contributed by atoms with Gasteiger partial charge in [0.1, 0.15) is 11.6 Å². The lowest BCUT2D eigenvalue weighted by Gasteiger charge is -2.27. The average Bonchev–Trinajstić information content (AvgIpc) is 3.22. The van der Waals surface area contributed by atoms with Gasteiger partial charge >= 0.3 is 0 Å². The van der Waals surface area contributed by atoms with Crippen molar-refractivity contribution >= 4 is 34.7 Å². The third kappa shape index (κ3) is 4.35. The van der Waals surface area contributed by atoms with Crippen molar-refractivity contribution in [2.75, 3.05) is 10.6 Å². The molecule has 32 heavy (non-hydrogen) atoms. The van der Waals surface area contributed by atoms with Gasteiger partial charge < -0.3 is 16.4 Å². The van der Waals surface area contributed by atoms with Crippen LogP contribution in [0.3, 0.4) is 0 Å². The molecule has 1 fully saturated rings. The lowest BCUT2D eigenvalue weighted by Crippen LogP contribution is -2.33. The van der Waals surface area contributed by atoms with Crippen LogP contribution in [0.4, 0.5) is 21.8 Å². The second kappa shape index (κ2) is 8.68. The number of halogens is 2. The highest BCUT2D eigenvalue weighted by Gasteiger charge is 2.19. The number of imidazole rings is 1. The Morgan fingerprint density at radius 2 is 1.78 bits per heavy atom. The van der Waals surface area contributed by atoms with E-state index in [0.717, 1.165) is 48.4 Å². The van der Waals surface area contributed by atoms with Crippen molar-refractivity contribution in [2.45, 2.75) is 37.8 Å². The van der Waals surface area contributed by atoms with Crippen molar-refractivity contribution in [3.05, 3.63) is 59.8 Å². The van der Waals surface area contributed by atoms with Crippen molar-refractivity contribution < 1.29 is 4.39 Å². The number of aromatic nitrogens is 5. The van der Waals surface area contributed by atoms with Crippen molar-refractivity contribution in [1.82, 2.24) is 24.6 Å². The molecular formula is C22H22ClFN8. The maximum Gasteiger partial charge on any atom is 0.227 e. The highest BCUT2D eigenvalue weighted by molar-refractivity contribution is 6.31. The summed E-state index contributed by atoms with van der Waals surface area (Å²) >= 11 is 5.83. The molecule has 0 aliphatic heterocycles. The summed E-state index contributed by atoms with van der Waals surface area (Å²) in [6.45, 7) is 0. The molecule has 0 spiro atoms. The molecule has 1 aromatic carbocycles. The minimum Gasteiger partial charge on any atom is -0.366 e. The van der Waals surface area contributed by atoms with E-state index < -0.39 is 5.82 Å². The maximum absolute atomic E-state index is 13.3. The Hall–Kier alpha value is -3.30. The third-order valence-electron chi connectivity index (χ3n) is 5.61. The fourth-order valence-corrected chi connectivity index (χ4v) is 4.03. The SMILES string of the molecule is N[C@H]1CC[C@H](Nc2ccc3ncc(-c4cnc(Nc5ccc(F)c(Cl)c5)nc4)n3n2)CC1. The van der Waals surface area contributed by atoms with Crippen molar-refractivity contribution in [3.63, 3.8) is 0 Å². The second-order valence-electron chi connectivity index (χ2n) is 7.94. The number of benzene rings is 1. The first kappa shape index (κ1) is 20.6. The largest absolute Gasteiger partial charge is 0.366 e. The van der Waals surface area contributed by atoms with E-state index >= 15 is 0 Å². The molecule has 1 saturated carbocycles. The molecule has 0 atom stereocenters. The molecule has 0 bridgehead atoms. The van der Waals surface area contributed by atoms with E-state index in [4.69, 9.17) is 22.4 Å². The van der Waals surface area contributed by atoms with Crippen LogP contribution in [0.2, 0.25) is 5.02 Å². The minimum absolute atomic E-state index is 0.0314. The second-order valence-corrected chi connectivity index (χ2v) is 8.34. The fraction of sp³-hybridized carbons (Fsp3) is 0.273. The molecule has 1 aliphatic rings. The highest BCUT2D eigenvalue weighted by atomic mass is 35.5. The van der Waals surface area contributed by atoms with Gasteiger partial charge in [-0.1, -0.05) is 11.6 Å². The molecule has 4 aromatic rings. The average molecular weight is 453 g/mol. The Morgan fingerprint density at radius 1 is 1.00 bits per heavy atom. The molecule has 8 nitrogen and oxygen atoms in total. The number of anilines is 3. The summed E-state index contributed by atoms with van der Waals surface area (Å²) < 4.78 is 15.1. The van der Waals surface area contributed by atoms with Crippen LogP contribution in [-0.4, -0.2) is 36.6 Å². The van der Waals surface area contributed by atoms with Gasteiger partial charge in [-0.05, 0) is 56.0 Å². The van der Waals surface area contributed by atoms with E-state index in [-0.39, 0.29) is 5.02 Å². The summed E-state index contributed by atoms with van der Waals surface area (Å²) in [6, 6.07) is 8.90. The van der Waals surface area contributed by atoms with Crippen molar-refractivity contribution in [3.8, 4) is 11.3 Å². The molecule has 0 unspecified atom stereocenters. The molecule has 1 aliphatic carbocycles. The van der Waals surface area contributed by atoms with Crippen LogP contribution in [-0.2, 0) is 0 Å². The van der Waals surface area contributed by atoms with Gasteiger partial charge in [0.15, 0.2) is 5.65 Å². The smallest absolute Gasteiger partial charge is 0.227 e. The summed E-state index contributed by atoms with van der Waals surface area (Å²) in [5, 5.41) is 11.3. The Bertz CT molecular complexity index is 1230. The number of nitrogens with zero attached hydrogens (tertiary/aromatic N) is 5.